The molecule has 0 spiro atoms. The number of thiazole rings is 1. The summed E-state index contributed by atoms with van der Waals surface area (Å²) in [5, 5.41) is 12.3. The van der Waals surface area contributed by atoms with Gasteiger partial charge in [0.2, 0.25) is 0 Å². The second-order valence-corrected chi connectivity index (χ2v) is 4.85. The predicted octanol–water partition coefficient (Wildman–Crippen LogP) is 2.89. The molecule has 1 heterocycles. The predicted molar refractivity (Wildman–Crippen MR) is 75.4 cm³/mol. The second kappa shape index (κ2) is 5.80. The molecule has 18 heavy (non-hydrogen) atoms. The molecule has 0 radical (unpaired) electrons. The Labute approximate surface area is 111 Å². The summed E-state index contributed by atoms with van der Waals surface area (Å²) in [5.74, 6) is 0. The maximum absolute atomic E-state index is 9.29. The summed E-state index contributed by atoms with van der Waals surface area (Å²) >= 11 is 1.64. The summed E-state index contributed by atoms with van der Waals surface area (Å²) < 4.78 is 0. The second-order valence-electron chi connectivity index (χ2n) is 3.99. The highest BCUT2D eigenvalue weighted by Gasteiger charge is 2.09. The number of aliphatic hydroxyl groups is 1. The SMILES string of the molecule is C=CNC(CO)c1ccc(-c2scnc2C)cc1. The fourth-order valence-electron chi connectivity index (χ4n) is 1.84. The van der Waals surface area contributed by atoms with Crippen molar-refractivity contribution >= 4 is 11.3 Å². The minimum atomic E-state index is -0.0980. The van der Waals surface area contributed by atoms with Gasteiger partial charge in [-0.3, -0.25) is 0 Å². The van der Waals surface area contributed by atoms with Crippen LogP contribution in [0.1, 0.15) is 17.3 Å². The first-order valence-corrected chi connectivity index (χ1v) is 6.62. The number of rotatable bonds is 5. The van der Waals surface area contributed by atoms with Crippen molar-refractivity contribution in [2.75, 3.05) is 6.61 Å². The topological polar surface area (TPSA) is 45.1 Å². The number of aromatic nitrogens is 1. The van der Waals surface area contributed by atoms with Crippen LogP contribution in [0, 0.1) is 6.92 Å². The molecule has 0 saturated carbocycles. The van der Waals surface area contributed by atoms with Crippen LogP contribution in [-0.4, -0.2) is 16.7 Å². The molecule has 2 rings (SSSR count). The van der Waals surface area contributed by atoms with Crippen LogP contribution in [0.25, 0.3) is 10.4 Å². The van der Waals surface area contributed by atoms with E-state index in [1.807, 2.05) is 24.6 Å². The number of aliphatic hydroxyl groups excluding tert-OH is 1. The van der Waals surface area contributed by atoms with Gasteiger partial charge in [-0.1, -0.05) is 30.8 Å². The fourth-order valence-corrected chi connectivity index (χ4v) is 2.65. The van der Waals surface area contributed by atoms with Crippen LogP contribution in [0.2, 0.25) is 0 Å². The van der Waals surface area contributed by atoms with Gasteiger partial charge in [-0.25, -0.2) is 4.98 Å². The van der Waals surface area contributed by atoms with Crippen LogP contribution < -0.4 is 5.32 Å². The van der Waals surface area contributed by atoms with E-state index in [-0.39, 0.29) is 12.6 Å². The molecule has 0 fully saturated rings. The smallest absolute Gasteiger partial charge is 0.0801 e. The van der Waals surface area contributed by atoms with Crippen molar-refractivity contribution < 1.29 is 5.11 Å². The van der Waals surface area contributed by atoms with E-state index in [0.29, 0.717) is 0 Å². The van der Waals surface area contributed by atoms with Crippen molar-refractivity contribution in [2.24, 2.45) is 0 Å². The van der Waals surface area contributed by atoms with Gasteiger partial charge in [0.25, 0.3) is 0 Å². The number of aryl methyl sites for hydroxylation is 1. The fraction of sp³-hybridized carbons (Fsp3) is 0.214. The van der Waals surface area contributed by atoms with Gasteiger partial charge in [-0.15, -0.1) is 11.3 Å². The third-order valence-electron chi connectivity index (χ3n) is 2.82. The average Bonchev–Trinajstić information content (AvgIpc) is 2.82. The molecule has 1 aromatic carbocycles. The number of benzene rings is 1. The lowest BCUT2D eigenvalue weighted by Crippen LogP contribution is -2.18. The molecule has 0 saturated heterocycles. The van der Waals surface area contributed by atoms with Crippen LogP contribution in [0.3, 0.4) is 0 Å². The lowest BCUT2D eigenvalue weighted by molar-refractivity contribution is 0.254. The number of nitrogens with zero attached hydrogens (tertiary/aromatic N) is 1. The van der Waals surface area contributed by atoms with E-state index in [4.69, 9.17) is 0 Å². The maximum atomic E-state index is 9.29. The molecule has 2 N–H and O–H groups in total. The Kier molecular flexibility index (Phi) is 4.12. The van der Waals surface area contributed by atoms with Crippen molar-refractivity contribution in [3.05, 3.63) is 53.8 Å². The van der Waals surface area contributed by atoms with Gasteiger partial charge in [0.05, 0.1) is 28.7 Å². The molecular weight excluding hydrogens is 244 g/mol. The monoisotopic (exact) mass is 260 g/mol. The Morgan fingerprint density at radius 3 is 2.67 bits per heavy atom. The minimum Gasteiger partial charge on any atom is -0.394 e. The van der Waals surface area contributed by atoms with E-state index in [1.54, 1.807) is 17.5 Å². The molecule has 1 aromatic heterocycles. The van der Waals surface area contributed by atoms with Crippen LogP contribution >= 0.6 is 11.3 Å². The Hall–Kier alpha value is -1.65. The molecule has 0 aliphatic carbocycles. The van der Waals surface area contributed by atoms with Gasteiger partial charge in [0.1, 0.15) is 0 Å². The zero-order valence-electron chi connectivity index (χ0n) is 10.3. The van der Waals surface area contributed by atoms with E-state index in [1.165, 1.54) is 4.88 Å². The first kappa shape index (κ1) is 12.8. The van der Waals surface area contributed by atoms with Gasteiger partial charge >= 0.3 is 0 Å². The van der Waals surface area contributed by atoms with Gasteiger partial charge in [-0.05, 0) is 24.3 Å². The zero-order valence-corrected chi connectivity index (χ0v) is 11.1. The van der Waals surface area contributed by atoms with E-state index in [0.717, 1.165) is 16.8 Å². The molecular formula is C14H16N2OS. The van der Waals surface area contributed by atoms with E-state index < -0.39 is 0 Å². The highest BCUT2D eigenvalue weighted by molar-refractivity contribution is 7.13. The van der Waals surface area contributed by atoms with Crippen molar-refractivity contribution in [1.29, 1.82) is 0 Å². The molecule has 0 bridgehead atoms. The first-order valence-electron chi connectivity index (χ1n) is 5.74. The molecule has 1 unspecified atom stereocenters. The van der Waals surface area contributed by atoms with Gasteiger partial charge in [0.15, 0.2) is 0 Å². The molecule has 94 valence electrons. The summed E-state index contributed by atoms with van der Waals surface area (Å²) in [6.45, 7) is 5.67. The summed E-state index contributed by atoms with van der Waals surface area (Å²) in [6.07, 6.45) is 1.60. The third-order valence-corrected chi connectivity index (χ3v) is 3.80. The van der Waals surface area contributed by atoms with Crippen LogP contribution in [0.4, 0.5) is 0 Å². The largest absolute Gasteiger partial charge is 0.394 e. The zero-order chi connectivity index (χ0) is 13.0. The quantitative estimate of drug-likeness (QED) is 0.869. The van der Waals surface area contributed by atoms with E-state index >= 15 is 0 Å². The Morgan fingerprint density at radius 2 is 2.17 bits per heavy atom. The number of hydrogen-bond donors (Lipinski definition) is 2. The Morgan fingerprint density at radius 1 is 1.44 bits per heavy atom. The van der Waals surface area contributed by atoms with Crippen LogP contribution in [-0.2, 0) is 0 Å². The van der Waals surface area contributed by atoms with Crippen LogP contribution in [0.15, 0.2) is 42.6 Å². The molecule has 1 atom stereocenters. The lowest BCUT2D eigenvalue weighted by Gasteiger charge is -2.15. The van der Waals surface area contributed by atoms with Crippen molar-refractivity contribution in [2.45, 2.75) is 13.0 Å². The Balaban J connectivity index is 2.24. The minimum absolute atomic E-state index is 0.0466. The molecule has 2 aromatic rings. The van der Waals surface area contributed by atoms with Crippen molar-refractivity contribution in [3.8, 4) is 10.4 Å². The molecule has 3 nitrogen and oxygen atoms in total. The summed E-state index contributed by atoms with van der Waals surface area (Å²) in [4.78, 5) is 5.44. The number of nitrogens with one attached hydrogen (secondary N) is 1. The lowest BCUT2D eigenvalue weighted by atomic mass is 10.0. The summed E-state index contributed by atoms with van der Waals surface area (Å²) in [6, 6.07) is 8.06. The van der Waals surface area contributed by atoms with Gasteiger partial charge in [-0.2, -0.15) is 0 Å². The third kappa shape index (κ3) is 2.60. The molecule has 0 amide bonds. The molecule has 4 heteroatoms. The maximum Gasteiger partial charge on any atom is 0.0801 e. The van der Waals surface area contributed by atoms with Crippen LogP contribution in [0.5, 0.6) is 0 Å². The highest BCUT2D eigenvalue weighted by atomic mass is 32.1. The van der Waals surface area contributed by atoms with E-state index in [9.17, 15) is 5.11 Å². The standard InChI is InChI=1S/C14H16N2OS/c1-3-15-13(8-17)11-4-6-12(7-5-11)14-10(2)16-9-18-14/h3-7,9,13,15,17H,1,8H2,2H3. The summed E-state index contributed by atoms with van der Waals surface area (Å²) in [7, 11) is 0. The normalized spacial score (nSPS) is 12.1. The van der Waals surface area contributed by atoms with Crippen molar-refractivity contribution in [3.63, 3.8) is 0 Å². The van der Waals surface area contributed by atoms with E-state index in [2.05, 4.69) is 29.0 Å². The number of hydrogen-bond acceptors (Lipinski definition) is 4. The van der Waals surface area contributed by atoms with Gasteiger partial charge in [0, 0.05) is 0 Å². The average molecular weight is 260 g/mol. The first-order chi connectivity index (χ1) is 8.76. The molecule has 0 aliphatic heterocycles. The summed E-state index contributed by atoms with van der Waals surface area (Å²) in [5.41, 5.74) is 5.11. The molecule has 0 aliphatic rings. The van der Waals surface area contributed by atoms with Crippen molar-refractivity contribution in [1.82, 2.24) is 10.3 Å². The van der Waals surface area contributed by atoms with Gasteiger partial charge < -0.3 is 10.4 Å². The highest BCUT2D eigenvalue weighted by Crippen LogP contribution is 2.28. The Bertz CT molecular complexity index is 519.